The van der Waals surface area contributed by atoms with E-state index in [4.69, 9.17) is 0 Å². The number of hydrogen-bond acceptors (Lipinski definition) is 3. The lowest BCUT2D eigenvalue weighted by atomic mass is 10.0. The van der Waals surface area contributed by atoms with E-state index in [1.165, 1.54) is 25.7 Å². The molecule has 3 N–H and O–H groups in total. The van der Waals surface area contributed by atoms with Crippen LogP contribution in [0.4, 0.5) is 0 Å². The molecule has 0 aliphatic carbocycles. The molecular weight excluding hydrogens is 266 g/mol. The van der Waals surface area contributed by atoms with Crippen molar-refractivity contribution in [3.63, 3.8) is 0 Å². The largest absolute Gasteiger partial charge is 0.394 e. The van der Waals surface area contributed by atoms with Gasteiger partial charge >= 0.3 is 0 Å². The molecule has 4 nitrogen and oxygen atoms in total. The van der Waals surface area contributed by atoms with E-state index in [-0.39, 0.29) is 12.5 Å². The summed E-state index contributed by atoms with van der Waals surface area (Å²) in [5.74, 6) is -0.0653. The van der Waals surface area contributed by atoms with E-state index in [1.54, 1.807) is 0 Å². The smallest absolute Gasteiger partial charge is 0.220 e. The van der Waals surface area contributed by atoms with Crippen molar-refractivity contribution in [1.82, 2.24) is 5.32 Å². The maximum Gasteiger partial charge on any atom is 0.220 e. The fourth-order valence-electron chi connectivity index (χ4n) is 2.41. The molecule has 4 heteroatoms. The Bertz CT molecular complexity index is 246. The summed E-state index contributed by atoms with van der Waals surface area (Å²) in [5.41, 5.74) is 0. The molecule has 0 spiro atoms. The van der Waals surface area contributed by atoms with Gasteiger partial charge < -0.3 is 15.5 Å². The minimum Gasteiger partial charge on any atom is -0.394 e. The number of carbonyl (C=O) groups is 1. The van der Waals surface area contributed by atoms with Crippen molar-refractivity contribution >= 4 is 5.91 Å². The van der Waals surface area contributed by atoms with Gasteiger partial charge in [0.15, 0.2) is 0 Å². The first-order chi connectivity index (χ1) is 10.2. The van der Waals surface area contributed by atoms with Crippen molar-refractivity contribution in [1.29, 1.82) is 0 Å². The summed E-state index contributed by atoms with van der Waals surface area (Å²) in [4.78, 5) is 11.7. The van der Waals surface area contributed by atoms with Gasteiger partial charge in [0.2, 0.25) is 5.91 Å². The van der Waals surface area contributed by atoms with Crippen LogP contribution in [0.3, 0.4) is 0 Å². The van der Waals surface area contributed by atoms with Gasteiger partial charge in [0.05, 0.1) is 18.8 Å². The topological polar surface area (TPSA) is 69.6 Å². The van der Waals surface area contributed by atoms with Crippen LogP contribution in [0.1, 0.15) is 84.5 Å². The van der Waals surface area contributed by atoms with Gasteiger partial charge in [0.25, 0.3) is 0 Å². The van der Waals surface area contributed by atoms with Gasteiger partial charge in [-0.2, -0.15) is 0 Å². The van der Waals surface area contributed by atoms with Crippen LogP contribution in [0.15, 0.2) is 0 Å². The number of amides is 1. The molecule has 0 aliphatic rings. The highest BCUT2D eigenvalue weighted by atomic mass is 16.3. The Morgan fingerprint density at radius 3 is 2.14 bits per heavy atom. The van der Waals surface area contributed by atoms with Crippen LogP contribution in [0.5, 0.6) is 0 Å². The summed E-state index contributed by atoms with van der Waals surface area (Å²) >= 11 is 0. The molecule has 0 saturated carbocycles. The SMILES string of the molecule is CCCCCCCCC(O)C(CO)NC(=O)CCCCC. The second-order valence-electron chi connectivity index (χ2n) is 5.94. The molecule has 126 valence electrons. The molecule has 2 atom stereocenters. The number of rotatable bonds is 14. The first kappa shape index (κ1) is 20.4. The number of carbonyl (C=O) groups excluding carboxylic acids is 1. The lowest BCUT2D eigenvalue weighted by molar-refractivity contribution is -0.123. The zero-order valence-electron chi connectivity index (χ0n) is 13.9. The average molecular weight is 301 g/mol. The van der Waals surface area contributed by atoms with Gasteiger partial charge in [0.1, 0.15) is 0 Å². The van der Waals surface area contributed by atoms with Crippen LogP contribution in [0.2, 0.25) is 0 Å². The summed E-state index contributed by atoms with van der Waals surface area (Å²) < 4.78 is 0. The summed E-state index contributed by atoms with van der Waals surface area (Å²) in [6.45, 7) is 4.09. The third-order valence-corrected chi connectivity index (χ3v) is 3.87. The third kappa shape index (κ3) is 11.7. The minimum atomic E-state index is -0.642. The van der Waals surface area contributed by atoms with E-state index in [1.807, 2.05) is 0 Å². The van der Waals surface area contributed by atoms with Crippen LogP contribution >= 0.6 is 0 Å². The Kier molecular flexibility index (Phi) is 13.9. The van der Waals surface area contributed by atoms with E-state index in [9.17, 15) is 15.0 Å². The molecule has 0 aliphatic heterocycles. The van der Waals surface area contributed by atoms with Crippen LogP contribution in [0, 0.1) is 0 Å². The Morgan fingerprint density at radius 2 is 1.52 bits per heavy atom. The molecule has 21 heavy (non-hydrogen) atoms. The highest BCUT2D eigenvalue weighted by Crippen LogP contribution is 2.11. The quantitative estimate of drug-likeness (QED) is 0.432. The van der Waals surface area contributed by atoms with Crippen LogP contribution in [-0.2, 0) is 4.79 Å². The zero-order chi connectivity index (χ0) is 15.9. The second-order valence-corrected chi connectivity index (χ2v) is 5.94. The van der Waals surface area contributed by atoms with E-state index in [0.29, 0.717) is 12.8 Å². The van der Waals surface area contributed by atoms with Gasteiger partial charge in [-0.05, 0) is 12.8 Å². The fraction of sp³-hybridized carbons (Fsp3) is 0.941. The van der Waals surface area contributed by atoms with Crippen LogP contribution in [0.25, 0.3) is 0 Å². The molecule has 0 aromatic rings. The number of aliphatic hydroxyl groups is 2. The molecule has 0 fully saturated rings. The molecule has 0 bridgehead atoms. The number of unbranched alkanes of at least 4 members (excludes halogenated alkanes) is 7. The van der Waals surface area contributed by atoms with Gasteiger partial charge in [-0.15, -0.1) is 0 Å². The van der Waals surface area contributed by atoms with Crippen molar-refractivity contribution in [2.24, 2.45) is 0 Å². The molecule has 0 rings (SSSR count). The van der Waals surface area contributed by atoms with Crippen molar-refractivity contribution in [3.8, 4) is 0 Å². The van der Waals surface area contributed by atoms with Crippen LogP contribution < -0.4 is 5.32 Å². The second kappa shape index (κ2) is 14.3. The van der Waals surface area contributed by atoms with Gasteiger partial charge in [-0.3, -0.25) is 4.79 Å². The predicted octanol–water partition coefficient (Wildman–Crippen LogP) is 3.16. The molecule has 2 unspecified atom stereocenters. The van der Waals surface area contributed by atoms with E-state index in [2.05, 4.69) is 19.2 Å². The predicted molar refractivity (Wildman–Crippen MR) is 87.2 cm³/mol. The Labute approximate surface area is 130 Å². The first-order valence-corrected chi connectivity index (χ1v) is 8.73. The Balaban J connectivity index is 3.79. The normalized spacial score (nSPS) is 13.9. The molecular formula is C17H35NO3. The lowest BCUT2D eigenvalue weighted by Gasteiger charge is -2.22. The molecule has 0 heterocycles. The maximum absolute atomic E-state index is 11.7. The number of hydrogen-bond donors (Lipinski definition) is 3. The van der Waals surface area contributed by atoms with Crippen LogP contribution in [-0.4, -0.2) is 34.9 Å². The monoisotopic (exact) mass is 301 g/mol. The van der Waals surface area contributed by atoms with Gasteiger partial charge in [-0.1, -0.05) is 65.2 Å². The van der Waals surface area contributed by atoms with Gasteiger partial charge in [0, 0.05) is 6.42 Å². The van der Waals surface area contributed by atoms with Crippen molar-refractivity contribution in [3.05, 3.63) is 0 Å². The highest BCUT2D eigenvalue weighted by molar-refractivity contribution is 5.76. The van der Waals surface area contributed by atoms with Crippen molar-refractivity contribution < 1.29 is 15.0 Å². The number of aliphatic hydroxyl groups excluding tert-OH is 2. The van der Waals surface area contributed by atoms with E-state index >= 15 is 0 Å². The van der Waals surface area contributed by atoms with Crippen molar-refractivity contribution in [2.45, 2.75) is 96.6 Å². The zero-order valence-corrected chi connectivity index (χ0v) is 13.9. The molecule has 1 amide bonds. The summed E-state index contributed by atoms with van der Waals surface area (Å²) in [6, 6.07) is -0.519. The number of nitrogens with one attached hydrogen (secondary N) is 1. The minimum absolute atomic E-state index is 0.0653. The Morgan fingerprint density at radius 1 is 0.952 bits per heavy atom. The maximum atomic E-state index is 11.7. The Hall–Kier alpha value is -0.610. The first-order valence-electron chi connectivity index (χ1n) is 8.73. The third-order valence-electron chi connectivity index (χ3n) is 3.87. The molecule has 0 saturated heterocycles. The fourth-order valence-corrected chi connectivity index (χ4v) is 2.41. The molecule has 0 aromatic heterocycles. The summed E-state index contributed by atoms with van der Waals surface area (Å²) in [7, 11) is 0. The summed E-state index contributed by atoms with van der Waals surface area (Å²) in [5, 5.41) is 22.1. The summed E-state index contributed by atoms with van der Waals surface area (Å²) in [6.07, 6.45) is 10.5. The standard InChI is InChI=1S/C17H35NO3/c1-3-5-7-8-9-11-12-16(20)15(14-19)18-17(21)13-10-6-4-2/h15-16,19-20H,3-14H2,1-2H3,(H,18,21). The molecule has 0 radical (unpaired) electrons. The van der Waals surface area contributed by atoms with Gasteiger partial charge in [-0.25, -0.2) is 0 Å². The van der Waals surface area contributed by atoms with E-state index < -0.39 is 12.1 Å². The van der Waals surface area contributed by atoms with E-state index in [0.717, 1.165) is 32.1 Å². The average Bonchev–Trinajstić information content (AvgIpc) is 2.48. The van der Waals surface area contributed by atoms with Crippen molar-refractivity contribution in [2.75, 3.05) is 6.61 Å². The molecule has 0 aromatic carbocycles. The lowest BCUT2D eigenvalue weighted by Crippen LogP contribution is -2.45. The highest BCUT2D eigenvalue weighted by Gasteiger charge is 2.19.